The molecule has 1 aliphatic carbocycles. The number of aliphatic hydroxyl groups is 2. The summed E-state index contributed by atoms with van der Waals surface area (Å²) < 4.78 is 11.4. The number of ether oxygens (including phenoxy) is 2. The molecule has 0 heterocycles. The maximum absolute atomic E-state index is 14.0. The van der Waals surface area contributed by atoms with Gasteiger partial charge in [-0.25, -0.2) is 4.79 Å². The number of fused-ring (bicyclic) bond motifs is 1. The van der Waals surface area contributed by atoms with Crippen molar-refractivity contribution in [3.63, 3.8) is 0 Å². The Morgan fingerprint density at radius 2 is 1.58 bits per heavy atom. The molecule has 2 amide bonds. The number of rotatable bonds is 16. The quantitative estimate of drug-likeness (QED) is 0.135. The Labute approximate surface area is 285 Å². The van der Waals surface area contributed by atoms with Crippen molar-refractivity contribution in [2.45, 2.75) is 90.2 Å². The van der Waals surface area contributed by atoms with Gasteiger partial charge >= 0.3 is 6.09 Å². The van der Waals surface area contributed by atoms with Gasteiger partial charge in [-0.15, -0.1) is 0 Å². The standard InChI is InChI=1S/C39H53N3O6/c1-26(2)25-40-19-20-47-31-17-15-28(16-18-31)21-30(37(45)42-36-32-14-10-9-13-29(32)23-35(36)44)24-34(43)33(22-27-11-7-6-8-12-27)41-38(46)48-39(3,4)5/h6-18,26,30,33-36,40,43-44H,19-25H2,1-5H3,(H,41,46)(H,42,45)/t30?,33?,34?,35-,36-/m0/s1. The van der Waals surface area contributed by atoms with Crippen LogP contribution in [0, 0.1) is 11.8 Å². The monoisotopic (exact) mass is 659 g/mol. The lowest BCUT2D eigenvalue weighted by molar-refractivity contribution is -0.127. The lowest BCUT2D eigenvalue weighted by atomic mass is 9.88. The molecule has 9 nitrogen and oxygen atoms in total. The van der Waals surface area contributed by atoms with E-state index in [4.69, 9.17) is 9.47 Å². The normalized spacial score (nSPS) is 17.7. The molecule has 3 aromatic carbocycles. The van der Waals surface area contributed by atoms with Gasteiger partial charge < -0.3 is 35.6 Å². The van der Waals surface area contributed by atoms with Crippen molar-refractivity contribution >= 4 is 12.0 Å². The molecule has 4 rings (SSSR count). The minimum absolute atomic E-state index is 0.0728. The third kappa shape index (κ3) is 11.6. The van der Waals surface area contributed by atoms with Gasteiger partial charge in [0.25, 0.3) is 0 Å². The van der Waals surface area contributed by atoms with E-state index in [1.54, 1.807) is 20.8 Å². The summed E-state index contributed by atoms with van der Waals surface area (Å²) in [6.45, 7) is 11.9. The van der Waals surface area contributed by atoms with Crippen LogP contribution >= 0.6 is 0 Å². The molecular weight excluding hydrogens is 606 g/mol. The predicted octanol–water partition coefficient (Wildman–Crippen LogP) is 5.13. The van der Waals surface area contributed by atoms with E-state index >= 15 is 0 Å². The lowest BCUT2D eigenvalue weighted by Gasteiger charge is -2.29. The van der Waals surface area contributed by atoms with Gasteiger partial charge in [-0.2, -0.15) is 0 Å². The zero-order valence-corrected chi connectivity index (χ0v) is 28.9. The van der Waals surface area contributed by atoms with E-state index in [1.165, 1.54) is 0 Å². The number of alkyl carbamates (subject to hydrolysis) is 1. The van der Waals surface area contributed by atoms with Gasteiger partial charge in [0.15, 0.2) is 0 Å². The van der Waals surface area contributed by atoms with Crippen molar-refractivity contribution in [2.75, 3.05) is 19.7 Å². The number of hydrogen-bond donors (Lipinski definition) is 5. The summed E-state index contributed by atoms with van der Waals surface area (Å²) in [5.74, 6) is 0.371. The number of carbonyl (C=O) groups is 2. The predicted molar refractivity (Wildman–Crippen MR) is 188 cm³/mol. The number of carbonyl (C=O) groups excluding carboxylic acids is 2. The Hall–Kier alpha value is -3.92. The summed E-state index contributed by atoms with van der Waals surface area (Å²) in [7, 11) is 0. The first-order valence-electron chi connectivity index (χ1n) is 17.1. The zero-order valence-electron chi connectivity index (χ0n) is 28.9. The molecule has 5 atom stereocenters. The highest BCUT2D eigenvalue weighted by atomic mass is 16.6. The van der Waals surface area contributed by atoms with Crippen LogP contribution in [0.2, 0.25) is 0 Å². The SMILES string of the molecule is CC(C)CNCCOc1ccc(CC(CC(O)C(Cc2ccccc2)NC(=O)OC(C)(C)C)C(=O)N[C@H]2c3ccccc3C[C@@H]2O)cc1. The Bertz CT molecular complexity index is 1440. The molecule has 3 aromatic rings. The third-order valence-electron chi connectivity index (χ3n) is 8.37. The van der Waals surface area contributed by atoms with Gasteiger partial charge in [0, 0.05) is 18.9 Å². The van der Waals surface area contributed by atoms with Crippen LogP contribution in [0.25, 0.3) is 0 Å². The topological polar surface area (TPSA) is 129 Å². The fourth-order valence-corrected chi connectivity index (χ4v) is 6.01. The van der Waals surface area contributed by atoms with Crippen molar-refractivity contribution in [1.82, 2.24) is 16.0 Å². The first kappa shape index (κ1) is 36.9. The molecule has 5 N–H and O–H groups in total. The number of aliphatic hydroxyl groups excluding tert-OH is 2. The third-order valence-corrected chi connectivity index (χ3v) is 8.37. The molecular formula is C39H53N3O6. The summed E-state index contributed by atoms with van der Waals surface area (Å²) >= 11 is 0. The highest BCUT2D eigenvalue weighted by molar-refractivity contribution is 5.80. The molecule has 9 heteroatoms. The van der Waals surface area contributed by atoms with Crippen LogP contribution in [-0.4, -0.2) is 65.8 Å². The number of benzene rings is 3. The molecule has 0 bridgehead atoms. The minimum Gasteiger partial charge on any atom is -0.492 e. The first-order chi connectivity index (χ1) is 22.9. The van der Waals surface area contributed by atoms with E-state index in [0.29, 0.717) is 31.8 Å². The Balaban J connectivity index is 1.51. The van der Waals surface area contributed by atoms with Crippen LogP contribution in [0.3, 0.4) is 0 Å². The van der Waals surface area contributed by atoms with Gasteiger partial charge in [-0.1, -0.05) is 80.6 Å². The Morgan fingerprint density at radius 1 is 0.917 bits per heavy atom. The largest absolute Gasteiger partial charge is 0.492 e. The van der Waals surface area contributed by atoms with E-state index in [-0.39, 0.29) is 12.3 Å². The van der Waals surface area contributed by atoms with Gasteiger partial charge in [-0.3, -0.25) is 4.79 Å². The molecule has 3 unspecified atom stereocenters. The minimum atomic E-state index is -1.07. The van der Waals surface area contributed by atoms with Crippen LogP contribution in [-0.2, 0) is 28.8 Å². The van der Waals surface area contributed by atoms with E-state index in [0.717, 1.165) is 41.1 Å². The molecule has 0 radical (unpaired) electrons. The average molecular weight is 660 g/mol. The van der Waals surface area contributed by atoms with Gasteiger partial charge in [0.2, 0.25) is 5.91 Å². The summed E-state index contributed by atoms with van der Waals surface area (Å²) in [4.78, 5) is 26.9. The molecule has 48 heavy (non-hydrogen) atoms. The van der Waals surface area contributed by atoms with Crippen LogP contribution in [0.4, 0.5) is 4.79 Å². The first-order valence-corrected chi connectivity index (χ1v) is 17.1. The van der Waals surface area contributed by atoms with E-state index < -0.39 is 41.9 Å². The van der Waals surface area contributed by atoms with Crippen molar-refractivity contribution < 1.29 is 29.3 Å². The maximum Gasteiger partial charge on any atom is 0.407 e. The summed E-state index contributed by atoms with van der Waals surface area (Å²) in [6, 6.07) is 23.7. The smallest absolute Gasteiger partial charge is 0.407 e. The van der Waals surface area contributed by atoms with E-state index in [1.807, 2.05) is 78.9 Å². The highest BCUT2D eigenvalue weighted by Gasteiger charge is 2.35. The van der Waals surface area contributed by atoms with Crippen LogP contribution in [0.15, 0.2) is 78.9 Å². The Kier molecular flexibility index (Phi) is 13.4. The second kappa shape index (κ2) is 17.5. The number of hydrogen-bond acceptors (Lipinski definition) is 7. The van der Waals surface area contributed by atoms with Crippen LogP contribution in [0.5, 0.6) is 5.75 Å². The molecule has 0 spiro atoms. The Morgan fingerprint density at radius 3 is 2.27 bits per heavy atom. The van der Waals surface area contributed by atoms with Crippen molar-refractivity contribution in [2.24, 2.45) is 11.8 Å². The molecule has 1 aliphatic rings. The van der Waals surface area contributed by atoms with Crippen molar-refractivity contribution in [3.8, 4) is 5.75 Å². The second-order valence-corrected chi connectivity index (χ2v) is 14.2. The number of nitrogens with one attached hydrogen (secondary N) is 3. The van der Waals surface area contributed by atoms with Crippen molar-refractivity contribution in [3.05, 3.63) is 101 Å². The fourth-order valence-electron chi connectivity index (χ4n) is 6.01. The number of amides is 2. The van der Waals surface area contributed by atoms with Crippen LogP contribution in [0.1, 0.15) is 69.3 Å². The fraction of sp³-hybridized carbons (Fsp3) is 0.487. The van der Waals surface area contributed by atoms with Gasteiger partial charge in [-0.05, 0) is 86.9 Å². The molecule has 0 saturated heterocycles. The van der Waals surface area contributed by atoms with Crippen molar-refractivity contribution in [1.29, 1.82) is 0 Å². The van der Waals surface area contributed by atoms with Crippen LogP contribution < -0.4 is 20.7 Å². The zero-order chi connectivity index (χ0) is 34.7. The van der Waals surface area contributed by atoms with Gasteiger partial charge in [0.05, 0.1) is 24.3 Å². The molecule has 0 fully saturated rings. The van der Waals surface area contributed by atoms with Gasteiger partial charge in [0.1, 0.15) is 18.0 Å². The molecule has 0 aliphatic heterocycles. The summed E-state index contributed by atoms with van der Waals surface area (Å²) in [5.41, 5.74) is 3.02. The summed E-state index contributed by atoms with van der Waals surface area (Å²) in [5, 5.41) is 31.9. The highest BCUT2D eigenvalue weighted by Crippen LogP contribution is 2.32. The maximum atomic E-state index is 14.0. The molecule has 260 valence electrons. The lowest BCUT2D eigenvalue weighted by Crippen LogP contribution is -2.48. The van der Waals surface area contributed by atoms with E-state index in [9.17, 15) is 19.8 Å². The average Bonchev–Trinajstić information content (AvgIpc) is 3.34. The van der Waals surface area contributed by atoms with E-state index in [2.05, 4.69) is 29.8 Å². The second-order valence-electron chi connectivity index (χ2n) is 14.2. The summed E-state index contributed by atoms with van der Waals surface area (Å²) in [6.07, 6.45) is -1.23. The molecule has 0 saturated carbocycles. The molecule has 0 aromatic heterocycles.